The average Bonchev–Trinajstić information content (AvgIpc) is 2.98. The van der Waals surface area contributed by atoms with E-state index in [1.165, 1.54) is 4.57 Å². The van der Waals surface area contributed by atoms with Gasteiger partial charge in [-0.1, -0.05) is 4.98 Å². The number of aromatic nitrogens is 4. The van der Waals surface area contributed by atoms with Crippen LogP contribution in [0.4, 0.5) is 5.95 Å². The molecule has 22 heavy (non-hydrogen) atoms. The van der Waals surface area contributed by atoms with Crippen molar-refractivity contribution in [2.45, 2.75) is 24.5 Å². The number of ether oxygens (including phenoxy) is 1. The first-order valence-corrected chi connectivity index (χ1v) is 6.78. The number of fused-ring (bicyclic) bond motifs is 1. The van der Waals surface area contributed by atoms with Gasteiger partial charge in [0.05, 0.1) is 13.7 Å². The molecule has 2 aromatic heterocycles. The van der Waals surface area contributed by atoms with Crippen LogP contribution in [0.3, 0.4) is 0 Å². The number of anilines is 1. The third-order valence-electron chi connectivity index (χ3n) is 3.80. The van der Waals surface area contributed by atoms with E-state index in [-0.39, 0.29) is 11.5 Å². The topological polar surface area (TPSA) is 137 Å². The van der Waals surface area contributed by atoms with E-state index in [2.05, 4.69) is 15.3 Å². The van der Waals surface area contributed by atoms with Crippen molar-refractivity contribution < 1.29 is 24.6 Å². The van der Waals surface area contributed by atoms with Crippen LogP contribution >= 0.6 is 0 Å². The minimum Gasteiger partial charge on any atom is -0.394 e. The van der Waals surface area contributed by atoms with Gasteiger partial charge in [0, 0.05) is 7.05 Å². The van der Waals surface area contributed by atoms with Crippen LogP contribution in [0.15, 0.2) is 11.1 Å². The van der Waals surface area contributed by atoms with E-state index >= 15 is 0 Å². The van der Waals surface area contributed by atoms with Gasteiger partial charge in [0.15, 0.2) is 6.33 Å². The molecule has 0 bridgehead atoms. The number of aliphatic hydroxyl groups is 3. The lowest BCUT2D eigenvalue weighted by atomic mass is 10.1. The van der Waals surface area contributed by atoms with Crippen LogP contribution in [-0.2, 0) is 11.8 Å². The van der Waals surface area contributed by atoms with Crippen LogP contribution in [0.1, 0.15) is 6.23 Å². The monoisotopic (exact) mass is 312 g/mol. The highest BCUT2D eigenvalue weighted by atomic mass is 16.6. The number of hydrogen-bond acceptors (Lipinski definition) is 7. The van der Waals surface area contributed by atoms with Crippen molar-refractivity contribution >= 4 is 17.1 Å². The predicted molar refractivity (Wildman–Crippen MR) is 74.1 cm³/mol. The van der Waals surface area contributed by atoms with Gasteiger partial charge in [0.1, 0.15) is 18.3 Å². The third kappa shape index (κ3) is 2.08. The van der Waals surface area contributed by atoms with Crippen molar-refractivity contribution in [3.63, 3.8) is 0 Å². The average molecular weight is 312 g/mol. The SMILES string of the molecule is CNc1nc2c(c(=O)[nH]1)n(C)c[n+]2[C@@H]1O[C@H](CO)[C@@H](O)[C@H]1O. The summed E-state index contributed by atoms with van der Waals surface area (Å²) in [6.07, 6.45) is -2.76. The summed E-state index contributed by atoms with van der Waals surface area (Å²) in [5, 5.41) is 31.9. The first kappa shape index (κ1) is 14.9. The zero-order valence-corrected chi connectivity index (χ0v) is 12.1. The fraction of sp³-hybridized carbons (Fsp3) is 0.583. The van der Waals surface area contributed by atoms with Gasteiger partial charge in [-0.25, -0.2) is 4.57 Å². The molecule has 1 fully saturated rings. The number of aryl methyl sites for hydroxylation is 1. The van der Waals surface area contributed by atoms with E-state index in [9.17, 15) is 20.1 Å². The molecule has 4 atom stereocenters. The number of nitrogens with zero attached hydrogens (tertiary/aromatic N) is 3. The Kier molecular flexibility index (Phi) is 3.60. The minimum absolute atomic E-state index is 0.268. The lowest BCUT2D eigenvalue weighted by molar-refractivity contribution is -0.745. The highest BCUT2D eigenvalue weighted by Crippen LogP contribution is 2.26. The van der Waals surface area contributed by atoms with Gasteiger partial charge >= 0.3 is 5.65 Å². The Morgan fingerprint density at radius 1 is 1.50 bits per heavy atom. The quantitative estimate of drug-likeness (QED) is 0.386. The molecule has 0 radical (unpaired) electrons. The normalized spacial score (nSPS) is 28.4. The standard InChI is InChI=1S/C12H17N5O5/c1-13-12-14-9-6(10(21)15-12)16(2)4-17(9)11-8(20)7(19)5(3-18)22-11/h4-5,7-8,11,18-20H,3H2,1-2H3,(H-,13,14,15,21)/p+1/t5-,7-,8-,11-/m1/s1. The molecule has 0 unspecified atom stereocenters. The highest BCUT2D eigenvalue weighted by molar-refractivity contribution is 5.67. The van der Waals surface area contributed by atoms with E-state index in [4.69, 9.17) is 4.74 Å². The molecule has 2 aromatic rings. The summed E-state index contributed by atoms with van der Waals surface area (Å²) in [4.78, 5) is 19.0. The number of nitrogens with one attached hydrogen (secondary N) is 2. The number of imidazole rings is 1. The molecular weight excluding hydrogens is 294 g/mol. The smallest absolute Gasteiger partial charge is 0.313 e. The summed E-state index contributed by atoms with van der Waals surface area (Å²) < 4.78 is 8.50. The zero-order chi connectivity index (χ0) is 16.0. The molecule has 1 aliphatic heterocycles. The van der Waals surface area contributed by atoms with Crippen LogP contribution in [0.5, 0.6) is 0 Å². The fourth-order valence-electron chi connectivity index (χ4n) is 2.67. The van der Waals surface area contributed by atoms with E-state index < -0.39 is 31.1 Å². The number of rotatable bonds is 3. The molecule has 1 aliphatic rings. The second kappa shape index (κ2) is 5.32. The largest absolute Gasteiger partial charge is 0.394 e. The lowest BCUT2D eigenvalue weighted by Gasteiger charge is -2.12. The molecule has 3 heterocycles. The van der Waals surface area contributed by atoms with Crippen molar-refractivity contribution in [3.8, 4) is 0 Å². The molecule has 0 aromatic carbocycles. The molecule has 120 valence electrons. The number of aliphatic hydroxyl groups excluding tert-OH is 3. The summed E-state index contributed by atoms with van der Waals surface area (Å²) >= 11 is 0. The van der Waals surface area contributed by atoms with Gasteiger partial charge in [0.2, 0.25) is 11.7 Å². The van der Waals surface area contributed by atoms with Gasteiger partial charge in [-0.3, -0.25) is 14.3 Å². The molecule has 0 amide bonds. The Balaban J connectivity index is 2.16. The summed E-state index contributed by atoms with van der Waals surface area (Å²) in [7, 11) is 3.28. The Labute approximate surface area is 124 Å². The lowest BCUT2D eigenvalue weighted by Crippen LogP contribution is -2.46. The summed E-state index contributed by atoms with van der Waals surface area (Å²) in [5.41, 5.74) is 0.254. The predicted octanol–water partition coefficient (Wildman–Crippen LogP) is -2.80. The van der Waals surface area contributed by atoms with Crippen molar-refractivity contribution in [2.75, 3.05) is 19.0 Å². The third-order valence-corrected chi connectivity index (χ3v) is 3.80. The highest BCUT2D eigenvalue weighted by Gasteiger charge is 2.46. The Hall–Kier alpha value is -2.01. The van der Waals surface area contributed by atoms with Crippen LogP contribution in [0.25, 0.3) is 11.2 Å². The molecule has 0 saturated carbocycles. The maximum Gasteiger partial charge on any atom is 0.313 e. The second-order valence-corrected chi connectivity index (χ2v) is 5.20. The van der Waals surface area contributed by atoms with Crippen molar-refractivity contribution in [2.24, 2.45) is 7.05 Å². The first-order valence-electron chi connectivity index (χ1n) is 6.78. The van der Waals surface area contributed by atoms with Gasteiger partial charge in [-0.15, -0.1) is 0 Å². The van der Waals surface area contributed by atoms with Crippen LogP contribution < -0.4 is 15.4 Å². The van der Waals surface area contributed by atoms with Crippen LogP contribution in [0, 0.1) is 0 Å². The molecule has 10 nitrogen and oxygen atoms in total. The van der Waals surface area contributed by atoms with E-state index in [0.29, 0.717) is 11.2 Å². The van der Waals surface area contributed by atoms with Crippen molar-refractivity contribution in [3.05, 3.63) is 16.7 Å². The Bertz CT molecular complexity index is 756. The molecule has 5 N–H and O–H groups in total. The van der Waals surface area contributed by atoms with Crippen LogP contribution in [0.2, 0.25) is 0 Å². The van der Waals surface area contributed by atoms with E-state index in [1.807, 2.05) is 0 Å². The zero-order valence-electron chi connectivity index (χ0n) is 12.1. The number of aromatic amines is 1. The summed E-state index contributed by atoms with van der Waals surface area (Å²) in [6.45, 7) is -0.421. The molecule has 10 heteroatoms. The maximum absolute atomic E-state index is 12.1. The van der Waals surface area contributed by atoms with Crippen molar-refractivity contribution in [1.29, 1.82) is 0 Å². The second-order valence-electron chi connectivity index (χ2n) is 5.20. The van der Waals surface area contributed by atoms with E-state index in [1.54, 1.807) is 25.0 Å². The van der Waals surface area contributed by atoms with Crippen LogP contribution in [-0.4, -0.2) is 61.8 Å². The molecule has 1 saturated heterocycles. The van der Waals surface area contributed by atoms with E-state index in [0.717, 1.165) is 0 Å². The Morgan fingerprint density at radius 2 is 2.23 bits per heavy atom. The van der Waals surface area contributed by atoms with Gasteiger partial charge in [-0.2, -0.15) is 0 Å². The Morgan fingerprint density at radius 3 is 2.82 bits per heavy atom. The number of hydrogen-bond donors (Lipinski definition) is 5. The van der Waals surface area contributed by atoms with Crippen molar-refractivity contribution in [1.82, 2.24) is 14.5 Å². The summed E-state index contributed by atoms with van der Waals surface area (Å²) in [6, 6.07) is 0. The van der Waals surface area contributed by atoms with Gasteiger partial charge in [0.25, 0.3) is 11.5 Å². The molecular formula is C12H18N5O5+. The molecule has 0 spiro atoms. The van der Waals surface area contributed by atoms with Gasteiger partial charge in [-0.05, 0) is 0 Å². The fourth-order valence-corrected chi connectivity index (χ4v) is 2.67. The molecule has 3 rings (SSSR count). The summed E-state index contributed by atoms with van der Waals surface area (Å²) in [5.74, 6) is 0.268. The minimum atomic E-state index is -1.24. The van der Waals surface area contributed by atoms with Gasteiger partial charge < -0.3 is 25.4 Å². The number of H-pyrrole nitrogens is 1. The first-order chi connectivity index (χ1) is 10.5. The molecule has 0 aliphatic carbocycles. The maximum atomic E-state index is 12.1.